The highest BCUT2D eigenvalue weighted by Gasteiger charge is 2.12. The average molecular weight is 260 g/mol. The van der Waals surface area contributed by atoms with Gasteiger partial charge in [0, 0.05) is 6.08 Å². The molecule has 0 aliphatic carbocycles. The normalized spacial score (nSPS) is 13.3. The summed E-state index contributed by atoms with van der Waals surface area (Å²) in [6.45, 7) is 8.98. The third-order valence-corrected chi connectivity index (χ3v) is 1.80. The van der Waals surface area contributed by atoms with Crippen molar-refractivity contribution in [2.45, 2.75) is 33.0 Å². The molecule has 2 unspecified atom stereocenters. The number of carbonyl (C=O) groups excluding carboxylic acids is 2. The van der Waals surface area contributed by atoms with Crippen LogP contribution in [0, 0.1) is 0 Å². The molecule has 0 spiro atoms. The molecule has 6 heteroatoms. The molecule has 0 bridgehead atoms. The highest BCUT2D eigenvalue weighted by atomic mass is 16.7. The number of carbonyl (C=O) groups is 2. The molecule has 0 fully saturated rings. The minimum Gasteiger partial charge on any atom is -0.460 e. The summed E-state index contributed by atoms with van der Waals surface area (Å²) in [7, 11) is 0. The highest BCUT2D eigenvalue weighted by Crippen LogP contribution is 1.99. The van der Waals surface area contributed by atoms with Crippen LogP contribution in [0.4, 0.5) is 4.79 Å². The zero-order valence-electron chi connectivity index (χ0n) is 11.0. The zero-order valence-corrected chi connectivity index (χ0v) is 11.0. The monoisotopic (exact) mass is 260 g/mol. The second-order valence-electron chi connectivity index (χ2n) is 3.59. The van der Waals surface area contributed by atoms with Gasteiger partial charge < -0.3 is 18.9 Å². The van der Waals surface area contributed by atoms with E-state index in [1.807, 2.05) is 0 Å². The Morgan fingerprint density at radius 2 is 1.83 bits per heavy atom. The van der Waals surface area contributed by atoms with Crippen molar-refractivity contribution in [3.63, 3.8) is 0 Å². The van der Waals surface area contributed by atoms with Crippen molar-refractivity contribution < 1.29 is 28.5 Å². The van der Waals surface area contributed by atoms with E-state index in [1.54, 1.807) is 20.8 Å². The molecule has 18 heavy (non-hydrogen) atoms. The molecule has 0 N–H and O–H groups in total. The lowest BCUT2D eigenvalue weighted by atomic mass is 10.4. The summed E-state index contributed by atoms with van der Waals surface area (Å²) in [5, 5.41) is 0. The fourth-order valence-electron chi connectivity index (χ4n) is 0.956. The zero-order chi connectivity index (χ0) is 14.0. The Labute approximate surface area is 107 Å². The van der Waals surface area contributed by atoms with Crippen molar-refractivity contribution >= 4 is 12.1 Å². The predicted octanol–water partition coefficient (Wildman–Crippen LogP) is 1.68. The number of hydrogen-bond acceptors (Lipinski definition) is 6. The first-order valence-electron chi connectivity index (χ1n) is 5.73. The van der Waals surface area contributed by atoms with Crippen molar-refractivity contribution in [1.82, 2.24) is 0 Å². The van der Waals surface area contributed by atoms with Crippen molar-refractivity contribution in [1.29, 1.82) is 0 Å². The minimum atomic E-state index is -0.723. The van der Waals surface area contributed by atoms with E-state index in [0.717, 1.165) is 6.08 Å². The Morgan fingerprint density at radius 3 is 2.39 bits per heavy atom. The first-order valence-corrected chi connectivity index (χ1v) is 5.73. The van der Waals surface area contributed by atoms with Gasteiger partial charge in [0.25, 0.3) is 0 Å². The molecular formula is C12H20O6. The summed E-state index contributed by atoms with van der Waals surface area (Å²) < 4.78 is 19.6. The molecule has 0 rings (SSSR count). The van der Waals surface area contributed by atoms with Gasteiger partial charge in [-0.05, 0) is 20.8 Å². The van der Waals surface area contributed by atoms with E-state index < -0.39 is 18.2 Å². The second kappa shape index (κ2) is 9.47. The first kappa shape index (κ1) is 16.4. The number of ether oxygens (including phenoxy) is 4. The fraction of sp³-hybridized carbons (Fsp3) is 0.667. The van der Waals surface area contributed by atoms with Gasteiger partial charge in [0.05, 0.1) is 19.3 Å². The van der Waals surface area contributed by atoms with Crippen LogP contribution in [0.25, 0.3) is 0 Å². The summed E-state index contributed by atoms with van der Waals surface area (Å²) in [6.07, 6.45) is -0.359. The highest BCUT2D eigenvalue weighted by molar-refractivity contribution is 5.81. The topological polar surface area (TPSA) is 71.1 Å². The van der Waals surface area contributed by atoms with E-state index >= 15 is 0 Å². The van der Waals surface area contributed by atoms with Gasteiger partial charge in [0.2, 0.25) is 0 Å². The van der Waals surface area contributed by atoms with E-state index in [-0.39, 0.29) is 25.9 Å². The molecule has 6 nitrogen and oxygen atoms in total. The van der Waals surface area contributed by atoms with Gasteiger partial charge in [0.15, 0.2) is 0 Å². The number of esters is 1. The first-order chi connectivity index (χ1) is 8.49. The maximum absolute atomic E-state index is 11.0. The predicted molar refractivity (Wildman–Crippen MR) is 64.1 cm³/mol. The number of rotatable bonds is 8. The van der Waals surface area contributed by atoms with E-state index in [4.69, 9.17) is 14.2 Å². The molecule has 0 aliphatic heterocycles. The molecule has 2 atom stereocenters. The van der Waals surface area contributed by atoms with Crippen LogP contribution in [0.15, 0.2) is 12.7 Å². The van der Waals surface area contributed by atoms with Crippen molar-refractivity contribution in [2.24, 2.45) is 0 Å². The van der Waals surface area contributed by atoms with Gasteiger partial charge >= 0.3 is 12.1 Å². The molecule has 0 saturated carbocycles. The lowest BCUT2D eigenvalue weighted by molar-refractivity contribution is -0.142. The largest absolute Gasteiger partial charge is 0.508 e. The maximum Gasteiger partial charge on any atom is 0.508 e. The van der Waals surface area contributed by atoms with E-state index in [0.29, 0.717) is 0 Å². The van der Waals surface area contributed by atoms with E-state index in [2.05, 4.69) is 11.3 Å². The Kier molecular flexibility index (Phi) is 8.65. The Bertz CT molecular complexity index is 276. The quantitative estimate of drug-likeness (QED) is 0.488. The Hall–Kier alpha value is -1.56. The molecule has 0 radical (unpaired) electrons. The van der Waals surface area contributed by atoms with Gasteiger partial charge in [-0.2, -0.15) is 0 Å². The lowest BCUT2D eigenvalue weighted by Gasteiger charge is -2.17. The van der Waals surface area contributed by atoms with Gasteiger partial charge in [-0.25, -0.2) is 9.59 Å². The maximum atomic E-state index is 11.0. The third kappa shape index (κ3) is 8.58. The molecular weight excluding hydrogens is 240 g/mol. The average Bonchev–Trinajstić information content (AvgIpc) is 2.33. The standard InChI is InChI=1S/C12H20O6/c1-5-11(13)17-7-9(3)16-8-10(4)18-12(14)15-6-2/h5,9-10H,1,6-8H2,2-4H3. The second-order valence-corrected chi connectivity index (χ2v) is 3.59. The molecule has 104 valence electrons. The van der Waals surface area contributed by atoms with Crippen LogP contribution in [0.5, 0.6) is 0 Å². The van der Waals surface area contributed by atoms with Crippen molar-refractivity contribution in [3.05, 3.63) is 12.7 Å². The lowest BCUT2D eigenvalue weighted by Crippen LogP contribution is -2.26. The molecule has 0 heterocycles. The van der Waals surface area contributed by atoms with Gasteiger partial charge in [-0.3, -0.25) is 0 Å². The summed E-state index contributed by atoms with van der Waals surface area (Å²) in [4.78, 5) is 21.8. The van der Waals surface area contributed by atoms with E-state index in [9.17, 15) is 9.59 Å². The van der Waals surface area contributed by atoms with Crippen LogP contribution < -0.4 is 0 Å². The van der Waals surface area contributed by atoms with Crippen LogP contribution in [0.2, 0.25) is 0 Å². The Balaban J connectivity index is 3.70. The molecule has 0 saturated heterocycles. The van der Waals surface area contributed by atoms with Crippen LogP contribution in [0.3, 0.4) is 0 Å². The summed E-state index contributed by atoms with van der Waals surface area (Å²) >= 11 is 0. The van der Waals surface area contributed by atoms with Crippen LogP contribution >= 0.6 is 0 Å². The van der Waals surface area contributed by atoms with Crippen molar-refractivity contribution in [2.75, 3.05) is 19.8 Å². The van der Waals surface area contributed by atoms with Crippen molar-refractivity contribution in [3.8, 4) is 0 Å². The smallest absolute Gasteiger partial charge is 0.460 e. The van der Waals surface area contributed by atoms with Crippen LogP contribution in [0.1, 0.15) is 20.8 Å². The molecule has 0 aromatic carbocycles. The fourth-order valence-corrected chi connectivity index (χ4v) is 0.956. The minimum absolute atomic E-state index is 0.122. The molecule has 0 aromatic rings. The van der Waals surface area contributed by atoms with E-state index in [1.165, 1.54) is 0 Å². The third-order valence-electron chi connectivity index (χ3n) is 1.80. The van der Waals surface area contributed by atoms with Gasteiger partial charge in [-0.15, -0.1) is 0 Å². The van der Waals surface area contributed by atoms with Gasteiger partial charge in [0.1, 0.15) is 12.7 Å². The summed E-state index contributed by atoms with van der Waals surface area (Å²) in [6, 6.07) is 0. The van der Waals surface area contributed by atoms with Gasteiger partial charge in [-0.1, -0.05) is 6.58 Å². The number of hydrogen-bond donors (Lipinski definition) is 0. The SMILES string of the molecule is C=CC(=O)OCC(C)OCC(C)OC(=O)OCC. The summed E-state index contributed by atoms with van der Waals surface area (Å²) in [5.41, 5.74) is 0. The molecule has 0 aliphatic rings. The van der Waals surface area contributed by atoms with Crippen LogP contribution in [-0.4, -0.2) is 44.2 Å². The molecule has 0 amide bonds. The Morgan fingerprint density at radius 1 is 1.17 bits per heavy atom. The van der Waals surface area contributed by atoms with Crippen LogP contribution in [-0.2, 0) is 23.7 Å². The summed E-state index contributed by atoms with van der Waals surface area (Å²) in [5.74, 6) is -0.499. The molecule has 0 aromatic heterocycles.